The number of aliphatic hydroxyl groups is 1. The van der Waals surface area contributed by atoms with E-state index >= 15 is 0 Å². The highest BCUT2D eigenvalue weighted by atomic mass is 32.2. The van der Waals surface area contributed by atoms with Crippen molar-refractivity contribution in [2.45, 2.75) is 25.9 Å². The van der Waals surface area contributed by atoms with Crippen LogP contribution < -0.4 is 9.44 Å². The minimum atomic E-state index is -3.42. The van der Waals surface area contributed by atoms with Crippen LogP contribution in [-0.4, -0.2) is 32.7 Å². The molecule has 3 N–H and O–H groups in total. The van der Waals surface area contributed by atoms with Crippen LogP contribution in [0.4, 0.5) is 0 Å². The van der Waals surface area contributed by atoms with Gasteiger partial charge in [0.25, 0.3) is 10.2 Å². The van der Waals surface area contributed by atoms with E-state index in [2.05, 4.69) is 9.44 Å². The summed E-state index contributed by atoms with van der Waals surface area (Å²) in [4.78, 5) is 0. The smallest absolute Gasteiger partial charge is 0.276 e. The summed E-state index contributed by atoms with van der Waals surface area (Å²) in [6.07, 6.45) is 0.499. The van der Waals surface area contributed by atoms with Gasteiger partial charge in [0.15, 0.2) is 0 Å². The van der Waals surface area contributed by atoms with Crippen molar-refractivity contribution in [1.29, 1.82) is 0 Å². The van der Waals surface area contributed by atoms with E-state index in [1.54, 1.807) is 13.8 Å². The Morgan fingerprint density at radius 3 is 2.33 bits per heavy atom. The third-order valence-electron chi connectivity index (χ3n) is 1.67. The molecule has 0 amide bonds. The summed E-state index contributed by atoms with van der Waals surface area (Å²) in [5.41, 5.74) is -0.982. The molecule has 0 aliphatic heterocycles. The second kappa shape index (κ2) is 4.18. The van der Waals surface area contributed by atoms with Gasteiger partial charge in [0.2, 0.25) is 0 Å². The molecule has 5 nitrogen and oxygen atoms in total. The lowest BCUT2D eigenvalue weighted by Crippen LogP contribution is -2.43. The summed E-state index contributed by atoms with van der Waals surface area (Å²) >= 11 is 0. The van der Waals surface area contributed by atoms with Crippen LogP contribution in [0.15, 0.2) is 0 Å². The fourth-order valence-electron chi connectivity index (χ4n) is 0.448. The molecule has 0 heterocycles. The highest BCUT2D eigenvalue weighted by Gasteiger charge is 2.19. The minimum Gasteiger partial charge on any atom is -0.389 e. The molecule has 0 aromatic heterocycles. The summed E-state index contributed by atoms with van der Waals surface area (Å²) in [5, 5.41) is 9.43. The molecule has 0 saturated heterocycles. The van der Waals surface area contributed by atoms with Crippen LogP contribution in [-0.2, 0) is 10.2 Å². The zero-order chi connectivity index (χ0) is 9.83. The molecule has 74 valence electrons. The van der Waals surface area contributed by atoms with Gasteiger partial charge in [0, 0.05) is 13.6 Å². The Kier molecular flexibility index (Phi) is 4.12. The van der Waals surface area contributed by atoms with E-state index in [9.17, 15) is 13.5 Å². The van der Waals surface area contributed by atoms with Crippen LogP contribution >= 0.6 is 0 Å². The summed E-state index contributed by atoms with van der Waals surface area (Å²) in [6, 6.07) is 0. The van der Waals surface area contributed by atoms with Gasteiger partial charge in [0.1, 0.15) is 0 Å². The molecule has 0 radical (unpaired) electrons. The van der Waals surface area contributed by atoms with Gasteiger partial charge in [-0.05, 0) is 13.3 Å². The van der Waals surface area contributed by atoms with Crippen LogP contribution in [0.2, 0.25) is 0 Å². The van der Waals surface area contributed by atoms with Gasteiger partial charge in [-0.15, -0.1) is 0 Å². The Bertz CT molecular complexity index is 223. The summed E-state index contributed by atoms with van der Waals surface area (Å²) in [6.45, 7) is 3.38. The molecule has 0 bridgehead atoms. The third kappa shape index (κ3) is 4.66. The second-order valence-corrected chi connectivity index (χ2v) is 4.58. The van der Waals surface area contributed by atoms with E-state index < -0.39 is 15.8 Å². The van der Waals surface area contributed by atoms with Gasteiger partial charge >= 0.3 is 0 Å². The molecule has 0 spiro atoms. The highest BCUT2D eigenvalue weighted by Crippen LogP contribution is 2.05. The van der Waals surface area contributed by atoms with E-state index in [-0.39, 0.29) is 6.54 Å². The standard InChI is InChI=1S/C6H16N2O3S/c1-4-6(2,9)5-8-12(10,11)7-3/h7-9H,4-5H2,1-3H3. The molecule has 1 atom stereocenters. The maximum Gasteiger partial charge on any atom is 0.276 e. The first-order chi connectivity index (χ1) is 5.33. The predicted octanol–water partition coefficient (Wildman–Crippen LogP) is -0.799. The number of nitrogens with one attached hydrogen (secondary N) is 2. The summed E-state index contributed by atoms with van der Waals surface area (Å²) < 4.78 is 26.0. The first-order valence-corrected chi connectivity index (χ1v) is 5.22. The Balaban J connectivity index is 4.00. The van der Waals surface area contributed by atoms with Crippen molar-refractivity contribution in [1.82, 2.24) is 9.44 Å². The molecular formula is C6H16N2O3S. The van der Waals surface area contributed by atoms with Gasteiger partial charge in [-0.25, -0.2) is 4.72 Å². The maximum absolute atomic E-state index is 10.8. The number of rotatable bonds is 5. The fourth-order valence-corrected chi connectivity index (χ4v) is 1.09. The lowest BCUT2D eigenvalue weighted by molar-refractivity contribution is 0.0613. The molecule has 0 rings (SSSR count). The van der Waals surface area contributed by atoms with Crippen molar-refractivity contribution in [2.24, 2.45) is 0 Å². The molecule has 0 aliphatic carbocycles. The Morgan fingerprint density at radius 2 is 2.00 bits per heavy atom. The van der Waals surface area contributed by atoms with Gasteiger partial charge in [-0.2, -0.15) is 13.1 Å². The second-order valence-electron chi connectivity index (χ2n) is 2.88. The van der Waals surface area contributed by atoms with Gasteiger partial charge < -0.3 is 5.11 Å². The lowest BCUT2D eigenvalue weighted by Gasteiger charge is -2.21. The predicted molar refractivity (Wildman–Crippen MR) is 46.9 cm³/mol. The molecule has 6 heteroatoms. The Hall–Kier alpha value is -0.170. The molecule has 0 aromatic rings. The minimum absolute atomic E-state index is 0.0205. The first kappa shape index (κ1) is 11.8. The summed E-state index contributed by atoms with van der Waals surface area (Å²) in [7, 11) is -2.11. The average molecular weight is 196 g/mol. The van der Waals surface area contributed by atoms with Gasteiger partial charge in [-0.3, -0.25) is 0 Å². The molecular weight excluding hydrogens is 180 g/mol. The zero-order valence-corrected chi connectivity index (χ0v) is 8.40. The highest BCUT2D eigenvalue weighted by molar-refractivity contribution is 7.87. The molecule has 0 aliphatic rings. The van der Waals surface area contributed by atoms with Gasteiger partial charge in [-0.1, -0.05) is 6.92 Å². The van der Waals surface area contributed by atoms with E-state index in [0.29, 0.717) is 6.42 Å². The third-order valence-corrected chi connectivity index (χ3v) is 2.74. The van der Waals surface area contributed by atoms with Crippen LogP contribution in [0, 0.1) is 0 Å². The maximum atomic E-state index is 10.8. The van der Waals surface area contributed by atoms with Crippen molar-refractivity contribution >= 4 is 10.2 Å². The Morgan fingerprint density at radius 1 is 1.50 bits per heavy atom. The van der Waals surface area contributed by atoms with Crippen LogP contribution in [0.3, 0.4) is 0 Å². The normalized spacial score (nSPS) is 17.3. The fraction of sp³-hybridized carbons (Fsp3) is 1.00. The van der Waals surface area contributed by atoms with Gasteiger partial charge in [0.05, 0.1) is 5.60 Å². The van der Waals surface area contributed by atoms with Crippen molar-refractivity contribution in [3.05, 3.63) is 0 Å². The molecule has 1 unspecified atom stereocenters. The number of hydrogen-bond acceptors (Lipinski definition) is 3. The van der Waals surface area contributed by atoms with Crippen molar-refractivity contribution in [3.8, 4) is 0 Å². The van der Waals surface area contributed by atoms with E-state index in [1.165, 1.54) is 7.05 Å². The quantitative estimate of drug-likeness (QED) is 0.538. The van der Waals surface area contributed by atoms with Crippen molar-refractivity contribution in [3.63, 3.8) is 0 Å². The summed E-state index contributed by atoms with van der Waals surface area (Å²) in [5.74, 6) is 0. The van der Waals surface area contributed by atoms with E-state index in [4.69, 9.17) is 0 Å². The average Bonchev–Trinajstić information content (AvgIpc) is 2.02. The lowest BCUT2D eigenvalue weighted by atomic mass is 10.1. The monoisotopic (exact) mass is 196 g/mol. The SMILES string of the molecule is CCC(C)(O)CNS(=O)(=O)NC. The van der Waals surface area contributed by atoms with Crippen LogP contribution in [0.1, 0.15) is 20.3 Å². The zero-order valence-electron chi connectivity index (χ0n) is 7.59. The van der Waals surface area contributed by atoms with E-state index in [0.717, 1.165) is 0 Å². The molecule has 12 heavy (non-hydrogen) atoms. The topological polar surface area (TPSA) is 78.4 Å². The van der Waals surface area contributed by atoms with E-state index in [1.807, 2.05) is 0 Å². The van der Waals surface area contributed by atoms with Crippen molar-refractivity contribution in [2.75, 3.05) is 13.6 Å². The molecule has 0 saturated carbocycles. The first-order valence-electron chi connectivity index (χ1n) is 3.73. The number of hydrogen-bond donors (Lipinski definition) is 3. The van der Waals surface area contributed by atoms with Crippen molar-refractivity contribution < 1.29 is 13.5 Å². The van der Waals surface area contributed by atoms with Crippen LogP contribution in [0.5, 0.6) is 0 Å². The van der Waals surface area contributed by atoms with Crippen LogP contribution in [0.25, 0.3) is 0 Å². The largest absolute Gasteiger partial charge is 0.389 e. The Labute approximate surface area is 73.4 Å². The molecule has 0 aromatic carbocycles. The molecule has 0 fully saturated rings.